The minimum absolute atomic E-state index is 0.151. The standard InChI is InChI=1S/C24H19NO5/c1-12-6-19(26)17-8-13(4-5-18(17)25-12)22-16-10-21(29-3)20(28-2)9-14(16)7-15-11-30-24(27)23(15)22/h4-10H,11H2,1-3H3,(H,25,26). The zero-order valence-electron chi connectivity index (χ0n) is 16.8. The number of fused-ring (bicyclic) bond motifs is 3. The molecule has 0 saturated carbocycles. The van der Waals surface area contributed by atoms with Gasteiger partial charge < -0.3 is 19.3 Å². The van der Waals surface area contributed by atoms with E-state index < -0.39 is 0 Å². The molecule has 0 atom stereocenters. The van der Waals surface area contributed by atoms with Gasteiger partial charge in [-0.2, -0.15) is 0 Å². The fourth-order valence-electron chi connectivity index (χ4n) is 4.14. The maximum Gasteiger partial charge on any atom is 0.339 e. The lowest BCUT2D eigenvalue weighted by atomic mass is 9.89. The molecule has 0 unspecified atom stereocenters. The van der Waals surface area contributed by atoms with Crippen molar-refractivity contribution in [1.29, 1.82) is 0 Å². The summed E-state index contributed by atoms with van der Waals surface area (Å²) in [6.07, 6.45) is 0. The number of methoxy groups -OCH3 is 2. The predicted molar refractivity (Wildman–Crippen MR) is 113 cm³/mol. The quantitative estimate of drug-likeness (QED) is 0.499. The lowest BCUT2D eigenvalue weighted by Gasteiger charge is -2.15. The molecule has 1 aliphatic rings. The van der Waals surface area contributed by atoms with Crippen molar-refractivity contribution in [1.82, 2.24) is 4.98 Å². The number of nitrogens with zero attached hydrogens (tertiary/aromatic N) is 1. The molecule has 3 aromatic carbocycles. The van der Waals surface area contributed by atoms with E-state index in [1.807, 2.05) is 43.3 Å². The molecule has 0 aliphatic carbocycles. The molecule has 6 heteroatoms. The van der Waals surface area contributed by atoms with Crippen molar-refractivity contribution in [3.05, 3.63) is 59.3 Å². The van der Waals surface area contributed by atoms with Crippen LogP contribution in [0.15, 0.2) is 42.5 Å². The first-order valence-electron chi connectivity index (χ1n) is 9.49. The van der Waals surface area contributed by atoms with Gasteiger partial charge in [0.15, 0.2) is 11.5 Å². The average Bonchev–Trinajstić information content (AvgIpc) is 3.11. The van der Waals surface area contributed by atoms with Gasteiger partial charge in [0.25, 0.3) is 0 Å². The number of cyclic esters (lactones) is 1. The Balaban J connectivity index is 1.88. The van der Waals surface area contributed by atoms with Crippen molar-refractivity contribution in [2.24, 2.45) is 0 Å². The molecule has 5 rings (SSSR count). The van der Waals surface area contributed by atoms with Crippen molar-refractivity contribution in [2.75, 3.05) is 14.2 Å². The van der Waals surface area contributed by atoms with E-state index in [1.54, 1.807) is 20.3 Å². The number of hydrogen-bond acceptors (Lipinski definition) is 6. The molecule has 1 aliphatic heterocycles. The van der Waals surface area contributed by atoms with Gasteiger partial charge in [-0.15, -0.1) is 0 Å². The number of carbonyl (C=O) groups excluding carboxylic acids is 1. The minimum Gasteiger partial charge on any atom is -0.507 e. The molecule has 1 aromatic heterocycles. The molecule has 0 spiro atoms. The van der Waals surface area contributed by atoms with Crippen LogP contribution in [0.5, 0.6) is 17.2 Å². The molecule has 6 nitrogen and oxygen atoms in total. The highest BCUT2D eigenvalue weighted by atomic mass is 16.5. The van der Waals surface area contributed by atoms with E-state index in [1.165, 1.54) is 0 Å². The highest BCUT2D eigenvalue weighted by Crippen LogP contribution is 2.43. The Kier molecular flexibility index (Phi) is 4.03. The molecular formula is C24H19NO5. The van der Waals surface area contributed by atoms with Crippen LogP contribution < -0.4 is 9.47 Å². The summed E-state index contributed by atoms with van der Waals surface area (Å²) in [5, 5.41) is 12.8. The van der Waals surface area contributed by atoms with Gasteiger partial charge in [-0.25, -0.2) is 4.79 Å². The van der Waals surface area contributed by atoms with Gasteiger partial charge in [-0.3, -0.25) is 4.98 Å². The summed E-state index contributed by atoms with van der Waals surface area (Å²) in [6.45, 7) is 2.06. The highest BCUT2D eigenvalue weighted by molar-refractivity contribution is 6.12. The number of aromatic nitrogens is 1. The largest absolute Gasteiger partial charge is 0.507 e. The summed E-state index contributed by atoms with van der Waals surface area (Å²) in [7, 11) is 3.17. The molecule has 0 fully saturated rings. The summed E-state index contributed by atoms with van der Waals surface area (Å²) < 4.78 is 16.3. The first-order valence-corrected chi connectivity index (χ1v) is 9.49. The molecule has 0 bridgehead atoms. The van der Waals surface area contributed by atoms with Crippen LogP contribution in [-0.4, -0.2) is 30.3 Å². The monoisotopic (exact) mass is 401 g/mol. The van der Waals surface area contributed by atoms with E-state index in [0.717, 1.165) is 33.2 Å². The molecular weight excluding hydrogens is 382 g/mol. The first kappa shape index (κ1) is 18.2. The van der Waals surface area contributed by atoms with E-state index in [-0.39, 0.29) is 18.3 Å². The first-order chi connectivity index (χ1) is 14.5. The number of pyridine rings is 1. The molecule has 0 amide bonds. The van der Waals surface area contributed by atoms with Crippen LogP contribution in [0.2, 0.25) is 0 Å². The van der Waals surface area contributed by atoms with Crippen LogP contribution in [-0.2, 0) is 11.3 Å². The van der Waals surface area contributed by atoms with E-state index in [9.17, 15) is 9.90 Å². The van der Waals surface area contributed by atoms with Gasteiger partial charge in [0.05, 0.1) is 25.3 Å². The number of aromatic hydroxyl groups is 1. The smallest absolute Gasteiger partial charge is 0.339 e. The molecule has 0 radical (unpaired) electrons. The fourth-order valence-corrected chi connectivity index (χ4v) is 4.14. The third-order valence-corrected chi connectivity index (χ3v) is 5.49. The number of rotatable bonds is 3. The van der Waals surface area contributed by atoms with Gasteiger partial charge >= 0.3 is 5.97 Å². The number of aryl methyl sites for hydroxylation is 1. The molecule has 0 saturated heterocycles. The summed E-state index contributed by atoms with van der Waals surface area (Å²) in [5.41, 5.74) is 4.31. The maximum absolute atomic E-state index is 12.6. The molecule has 150 valence electrons. The Morgan fingerprint density at radius 2 is 1.73 bits per heavy atom. The molecule has 2 heterocycles. The van der Waals surface area contributed by atoms with E-state index in [4.69, 9.17) is 14.2 Å². The lowest BCUT2D eigenvalue weighted by Crippen LogP contribution is -2.00. The lowest BCUT2D eigenvalue weighted by molar-refractivity contribution is 0.0535. The topological polar surface area (TPSA) is 77.9 Å². The Labute approximate surface area is 172 Å². The number of esters is 1. The van der Waals surface area contributed by atoms with Crippen molar-refractivity contribution >= 4 is 27.6 Å². The Morgan fingerprint density at radius 3 is 2.50 bits per heavy atom. The number of hydrogen-bond donors (Lipinski definition) is 1. The number of carbonyl (C=O) groups is 1. The second-order valence-electron chi connectivity index (χ2n) is 7.30. The van der Waals surface area contributed by atoms with Crippen molar-refractivity contribution in [3.63, 3.8) is 0 Å². The summed E-state index contributed by atoms with van der Waals surface area (Å²) in [6, 6.07) is 13.0. The van der Waals surface area contributed by atoms with Gasteiger partial charge in [-0.05, 0) is 53.6 Å². The summed E-state index contributed by atoms with van der Waals surface area (Å²) in [4.78, 5) is 17.1. The van der Waals surface area contributed by atoms with Crippen LogP contribution in [0.4, 0.5) is 0 Å². The zero-order chi connectivity index (χ0) is 21.0. The van der Waals surface area contributed by atoms with E-state index >= 15 is 0 Å². The SMILES string of the molecule is COc1cc2cc3c(c(-c4ccc5nc(C)cc(O)c5c4)c2cc1OC)C(=O)OC3. The van der Waals surface area contributed by atoms with Gasteiger partial charge in [0.2, 0.25) is 0 Å². The third kappa shape index (κ3) is 2.64. The van der Waals surface area contributed by atoms with Gasteiger partial charge in [0, 0.05) is 28.3 Å². The fraction of sp³-hybridized carbons (Fsp3) is 0.167. The van der Waals surface area contributed by atoms with Crippen molar-refractivity contribution in [2.45, 2.75) is 13.5 Å². The van der Waals surface area contributed by atoms with E-state index in [2.05, 4.69) is 4.98 Å². The predicted octanol–water partition coefficient (Wildman–Crippen LogP) is 4.76. The molecule has 4 aromatic rings. The number of ether oxygens (including phenoxy) is 3. The average molecular weight is 401 g/mol. The number of benzene rings is 3. The van der Waals surface area contributed by atoms with Crippen LogP contribution in [0, 0.1) is 6.92 Å². The normalized spacial score (nSPS) is 12.8. The second kappa shape index (κ2) is 6.62. The van der Waals surface area contributed by atoms with E-state index in [0.29, 0.717) is 28.0 Å². The van der Waals surface area contributed by atoms with Crippen LogP contribution in [0.1, 0.15) is 21.6 Å². The maximum atomic E-state index is 12.6. The highest BCUT2D eigenvalue weighted by Gasteiger charge is 2.28. The third-order valence-electron chi connectivity index (χ3n) is 5.49. The van der Waals surface area contributed by atoms with Gasteiger partial charge in [-0.1, -0.05) is 6.07 Å². The minimum atomic E-state index is -0.358. The zero-order valence-corrected chi connectivity index (χ0v) is 16.8. The summed E-state index contributed by atoms with van der Waals surface area (Å²) >= 11 is 0. The Morgan fingerprint density at radius 1 is 0.967 bits per heavy atom. The Bertz CT molecular complexity index is 1360. The van der Waals surface area contributed by atoms with Crippen molar-refractivity contribution in [3.8, 4) is 28.4 Å². The molecule has 30 heavy (non-hydrogen) atoms. The van der Waals surface area contributed by atoms with Gasteiger partial charge in [0.1, 0.15) is 12.4 Å². The Hall–Kier alpha value is -3.80. The second-order valence-corrected chi connectivity index (χ2v) is 7.30. The van der Waals surface area contributed by atoms with Crippen molar-refractivity contribution < 1.29 is 24.1 Å². The molecule has 1 N–H and O–H groups in total. The van der Waals surface area contributed by atoms with Crippen LogP contribution in [0.3, 0.4) is 0 Å². The summed E-state index contributed by atoms with van der Waals surface area (Å²) in [5.74, 6) is 0.969. The van der Waals surface area contributed by atoms with Crippen LogP contribution >= 0.6 is 0 Å². The van der Waals surface area contributed by atoms with Crippen LogP contribution in [0.25, 0.3) is 32.8 Å².